The number of methoxy groups -OCH3 is 4. The molecule has 0 unspecified atom stereocenters. The maximum Gasteiger partial charge on any atom is 0.315 e. The summed E-state index contributed by atoms with van der Waals surface area (Å²) in [6.07, 6.45) is 8.89. The van der Waals surface area contributed by atoms with Crippen molar-refractivity contribution in [1.29, 1.82) is 0 Å². The summed E-state index contributed by atoms with van der Waals surface area (Å²) in [7, 11) is 6.17. The van der Waals surface area contributed by atoms with Gasteiger partial charge in [0.05, 0.1) is 40.5 Å². The summed E-state index contributed by atoms with van der Waals surface area (Å²) >= 11 is 1.91. The molecule has 4 N–H and O–H groups in total. The van der Waals surface area contributed by atoms with Gasteiger partial charge in [-0.1, -0.05) is 19.3 Å². The van der Waals surface area contributed by atoms with Crippen LogP contribution in [-0.4, -0.2) is 82.5 Å². The monoisotopic (exact) mass is 620 g/mol. The van der Waals surface area contributed by atoms with Crippen molar-refractivity contribution < 1.29 is 33.3 Å². The second-order valence-electron chi connectivity index (χ2n) is 10.9. The fourth-order valence-corrected chi connectivity index (χ4v) is 7.15. The van der Waals surface area contributed by atoms with Crippen molar-refractivity contribution in [1.82, 2.24) is 21.3 Å². The molecule has 12 heteroatoms. The number of amides is 4. The predicted octanol–water partition coefficient (Wildman–Crippen LogP) is 3.95. The molecule has 1 aromatic rings. The zero-order valence-electron chi connectivity index (χ0n) is 26.4. The van der Waals surface area contributed by atoms with E-state index in [1.807, 2.05) is 18.7 Å². The normalized spacial score (nSPS) is 19.3. The third-order valence-corrected chi connectivity index (χ3v) is 9.44. The molecule has 2 saturated heterocycles. The molecule has 0 spiro atoms. The summed E-state index contributed by atoms with van der Waals surface area (Å²) in [6.45, 7) is 4.88. The molecule has 0 aliphatic carbocycles. The number of hydrogen-bond donors (Lipinski definition) is 4. The Balaban J connectivity index is 1.29. The second-order valence-corrected chi connectivity index (χ2v) is 12.2. The van der Waals surface area contributed by atoms with E-state index >= 15 is 0 Å². The van der Waals surface area contributed by atoms with Gasteiger partial charge < -0.3 is 40.2 Å². The summed E-state index contributed by atoms with van der Waals surface area (Å²) in [6, 6.07) is 0.413. The average molecular weight is 621 g/mol. The summed E-state index contributed by atoms with van der Waals surface area (Å²) in [5, 5.41) is 12.4. The summed E-state index contributed by atoms with van der Waals surface area (Å²) in [4.78, 5) is 36.4. The van der Waals surface area contributed by atoms with Gasteiger partial charge in [-0.3, -0.25) is 9.59 Å². The number of rotatable bonds is 18. The number of hydrogen-bond acceptors (Lipinski definition) is 8. The van der Waals surface area contributed by atoms with Gasteiger partial charge in [0, 0.05) is 47.2 Å². The molecule has 43 heavy (non-hydrogen) atoms. The van der Waals surface area contributed by atoms with Gasteiger partial charge in [-0.25, -0.2) is 4.79 Å². The van der Waals surface area contributed by atoms with E-state index in [1.54, 1.807) is 27.2 Å². The molecule has 2 heterocycles. The zero-order valence-corrected chi connectivity index (χ0v) is 27.2. The van der Waals surface area contributed by atoms with Crippen molar-refractivity contribution in [2.24, 2.45) is 0 Å². The summed E-state index contributed by atoms with van der Waals surface area (Å²) in [5.41, 5.74) is 2.00. The van der Waals surface area contributed by atoms with Gasteiger partial charge >= 0.3 is 6.03 Å². The fourth-order valence-electron chi connectivity index (χ4n) is 5.60. The molecule has 3 rings (SSSR count). The maximum absolute atomic E-state index is 12.8. The molecule has 0 saturated carbocycles. The van der Waals surface area contributed by atoms with Crippen molar-refractivity contribution in [2.75, 3.05) is 47.3 Å². The first-order chi connectivity index (χ1) is 20.7. The molecule has 1 aromatic carbocycles. The van der Waals surface area contributed by atoms with Crippen LogP contribution in [0.5, 0.6) is 23.0 Å². The van der Waals surface area contributed by atoms with Crippen LogP contribution in [0.1, 0.15) is 69.4 Å². The summed E-state index contributed by atoms with van der Waals surface area (Å²) in [5.74, 6) is 2.73. The van der Waals surface area contributed by atoms with Crippen LogP contribution < -0.4 is 40.2 Å². The van der Waals surface area contributed by atoms with Gasteiger partial charge in [0.1, 0.15) is 0 Å². The van der Waals surface area contributed by atoms with Crippen molar-refractivity contribution in [3.05, 3.63) is 16.7 Å². The van der Waals surface area contributed by atoms with E-state index in [-0.39, 0.29) is 29.9 Å². The number of nitrogens with one attached hydrogen (secondary N) is 4. The van der Waals surface area contributed by atoms with Gasteiger partial charge in [0.25, 0.3) is 0 Å². The molecular weight excluding hydrogens is 572 g/mol. The lowest BCUT2D eigenvalue weighted by molar-refractivity contribution is -0.121. The topological polar surface area (TPSA) is 136 Å². The average Bonchev–Trinajstić information content (AvgIpc) is 3.55. The molecule has 4 amide bonds. The minimum Gasteiger partial charge on any atom is -0.492 e. The van der Waals surface area contributed by atoms with Crippen LogP contribution in [-0.2, 0) is 9.59 Å². The van der Waals surface area contributed by atoms with Gasteiger partial charge in [-0.05, 0) is 45.6 Å². The Kier molecular flexibility index (Phi) is 13.6. The first kappa shape index (κ1) is 34.2. The Labute approximate surface area is 259 Å². The Morgan fingerprint density at radius 1 is 0.860 bits per heavy atom. The highest BCUT2D eigenvalue weighted by Crippen LogP contribution is 2.49. The zero-order chi connectivity index (χ0) is 31.4. The fraction of sp³-hybridized carbons (Fsp3) is 0.645. The van der Waals surface area contributed by atoms with Crippen LogP contribution in [0.15, 0.2) is 5.57 Å². The Hall–Kier alpha value is -3.28. The van der Waals surface area contributed by atoms with Gasteiger partial charge in [-0.15, -0.1) is 0 Å². The molecule has 11 nitrogen and oxygen atoms in total. The number of thioether (sulfide) groups is 1. The lowest BCUT2D eigenvalue weighted by Crippen LogP contribution is -2.36. The number of fused-ring (bicyclic) bond motifs is 1. The molecule has 240 valence electrons. The van der Waals surface area contributed by atoms with E-state index in [0.29, 0.717) is 58.9 Å². The minimum atomic E-state index is -0.154. The van der Waals surface area contributed by atoms with E-state index in [1.165, 1.54) is 14.2 Å². The number of ether oxygens (including phenoxy) is 4. The van der Waals surface area contributed by atoms with Gasteiger partial charge in [0.15, 0.2) is 11.5 Å². The van der Waals surface area contributed by atoms with Crippen molar-refractivity contribution >= 4 is 35.7 Å². The molecule has 0 bridgehead atoms. The van der Waals surface area contributed by atoms with Crippen molar-refractivity contribution in [3.8, 4) is 23.0 Å². The molecule has 3 atom stereocenters. The highest BCUT2D eigenvalue weighted by molar-refractivity contribution is 8.00. The number of urea groups is 1. The van der Waals surface area contributed by atoms with E-state index in [0.717, 1.165) is 56.3 Å². The van der Waals surface area contributed by atoms with Gasteiger partial charge in [-0.2, -0.15) is 11.8 Å². The van der Waals surface area contributed by atoms with Crippen LogP contribution in [0.4, 0.5) is 4.79 Å². The first-order valence-corrected chi connectivity index (χ1v) is 16.1. The van der Waals surface area contributed by atoms with Crippen molar-refractivity contribution in [2.45, 2.75) is 82.5 Å². The van der Waals surface area contributed by atoms with Crippen molar-refractivity contribution in [3.63, 3.8) is 0 Å². The van der Waals surface area contributed by atoms with Crippen LogP contribution in [0.25, 0.3) is 6.08 Å². The molecule has 2 aliphatic heterocycles. The largest absolute Gasteiger partial charge is 0.492 e. The minimum absolute atomic E-state index is 0.0581. The third kappa shape index (κ3) is 9.11. The number of carbonyl (C=O) groups excluding carboxylic acids is 3. The van der Waals surface area contributed by atoms with Crippen LogP contribution in [0.2, 0.25) is 0 Å². The SMILES string of the molecule is COc1c(C)c(/C=C(\C)C(=O)NCCCCCCNC(=O)CCCC[C@@H]2SC[C@@H]3NC(=O)N[C@@H]32)c(OC)c(OC)c1OC. The van der Waals surface area contributed by atoms with Crippen LogP contribution in [0, 0.1) is 6.92 Å². The lowest BCUT2D eigenvalue weighted by atomic mass is 10.0. The molecule has 2 aliphatic rings. The van der Waals surface area contributed by atoms with Crippen LogP contribution >= 0.6 is 11.8 Å². The quantitative estimate of drug-likeness (QED) is 0.110. The molecular formula is C31H48N4O7S. The van der Waals surface area contributed by atoms with E-state index in [9.17, 15) is 14.4 Å². The smallest absolute Gasteiger partial charge is 0.315 e. The maximum atomic E-state index is 12.8. The molecule has 0 radical (unpaired) electrons. The third-order valence-electron chi connectivity index (χ3n) is 7.94. The number of carbonyl (C=O) groups is 3. The van der Waals surface area contributed by atoms with E-state index < -0.39 is 0 Å². The molecule has 0 aromatic heterocycles. The van der Waals surface area contributed by atoms with Crippen LogP contribution in [0.3, 0.4) is 0 Å². The standard InChI is InChI=1S/C31H48N4O7S/c1-19(17-21-20(2)26(39-3)28(41-5)29(42-6)27(21)40-4)30(37)33-16-12-8-7-11-15-32-24(36)14-10-9-13-23-25-22(18-43-23)34-31(38)35-25/h17,22-23,25H,7-16,18H2,1-6H3,(H,32,36)(H,33,37)(H2,34,35,38)/b19-17+/t22-,23-,25-/m0/s1. The Morgan fingerprint density at radius 2 is 1.49 bits per heavy atom. The second kappa shape index (κ2) is 17.1. The lowest BCUT2D eigenvalue weighted by Gasteiger charge is -2.20. The van der Waals surface area contributed by atoms with E-state index in [4.69, 9.17) is 18.9 Å². The number of unbranched alkanes of at least 4 members (excludes halogenated alkanes) is 4. The highest BCUT2D eigenvalue weighted by atomic mass is 32.2. The number of benzene rings is 1. The van der Waals surface area contributed by atoms with E-state index in [2.05, 4.69) is 21.3 Å². The predicted molar refractivity (Wildman–Crippen MR) is 169 cm³/mol. The Morgan fingerprint density at radius 3 is 2.14 bits per heavy atom. The van der Waals surface area contributed by atoms with Gasteiger partial charge in [0.2, 0.25) is 23.3 Å². The molecule has 2 fully saturated rings. The summed E-state index contributed by atoms with van der Waals surface area (Å²) < 4.78 is 22.2. The first-order valence-electron chi connectivity index (χ1n) is 15.0. The Bertz CT molecular complexity index is 1160. The highest BCUT2D eigenvalue weighted by Gasteiger charge is 2.42.